The Morgan fingerprint density at radius 3 is 2.74 bits per heavy atom. The van der Waals surface area contributed by atoms with E-state index in [0.717, 1.165) is 0 Å². The summed E-state index contributed by atoms with van der Waals surface area (Å²) in [6, 6.07) is 6.15. The van der Waals surface area contributed by atoms with Gasteiger partial charge in [0, 0.05) is 0 Å². The first-order valence-electron chi connectivity index (χ1n) is 5.55. The summed E-state index contributed by atoms with van der Waals surface area (Å²) < 4.78 is 0. The molecule has 1 saturated heterocycles. The van der Waals surface area contributed by atoms with Crippen LogP contribution in [0.25, 0.3) is 0 Å². The molecule has 0 bridgehead atoms. The van der Waals surface area contributed by atoms with Gasteiger partial charge in [0.2, 0.25) is 11.8 Å². The predicted molar refractivity (Wildman–Crippen MR) is 71.1 cm³/mol. The molecular formula is C12H12N2O4S. The Balaban J connectivity index is 2.03. The molecule has 7 heteroatoms. The Morgan fingerprint density at radius 1 is 1.37 bits per heavy atom. The lowest BCUT2D eigenvalue weighted by Gasteiger charge is -2.14. The van der Waals surface area contributed by atoms with Gasteiger partial charge < -0.3 is 15.3 Å². The van der Waals surface area contributed by atoms with Gasteiger partial charge in [0.05, 0.1) is 22.9 Å². The average molecular weight is 280 g/mol. The van der Waals surface area contributed by atoms with Crippen LogP contribution in [0, 0.1) is 0 Å². The van der Waals surface area contributed by atoms with Gasteiger partial charge in [0.1, 0.15) is 6.54 Å². The zero-order chi connectivity index (χ0) is 13.8. The summed E-state index contributed by atoms with van der Waals surface area (Å²) in [5.74, 6) is -0.703. The number of nitrogens with one attached hydrogen (secondary N) is 1. The Bertz CT molecular complexity index is 532. The summed E-state index contributed by atoms with van der Waals surface area (Å²) in [5, 5.41) is 11.5. The highest BCUT2D eigenvalue weighted by atomic mass is 32.2. The standard InChI is InChI=1S/C12H12N2O4S/c15-10(5-14-7-19-6-11(14)16)13-9-4-2-1-3-8(9)12(17)18/h1-4H,5-7H2,(H,13,15)(H,17,18). The van der Waals surface area contributed by atoms with Crippen molar-refractivity contribution >= 4 is 35.2 Å². The minimum Gasteiger partial charge on any atom is -0.478 e. The lowest BCUT2D eigenvalue weighted by molar-refractivity contribution is -0.130. The second kappa shape index (κ2) is 5.75. The fourth-order valence-electron chi connectivity index (χ4n) is 1.68. The topological polar surface area (TPSA) is 86.7 Å². The molecule has 1 heterocycles. The third-order valence-electron chi connectivity index (χ3n) is 2.59. The summed E-state index contributed by atoms with van der Waals surface area (Å²) in [5.41, 5.74) is 0.261. The fraction of sp³-hybridized carbons (Fsp3) is 0.250. The third kappa shape index (κ3) is 3.25. The summed E-state index contributed by atoms with van der Waals surface area (Å²) in [6.07, 6.45) is 0. The molecule has 19 heavy (non-hydrogen) atoms. The van der Waals surface area contributed by atoms with E-state index in [2.05, 4.69) is 5.32 Å². The van der Waals surface area contributed by atoms with Crippen LogP contribution in [-0.4, -0.2) is 46.0 Å². The molecule has 0 saturated carbocycles. The average Bonchev–Trinajstić information content (AvgIpc) is 2.75. The van der Waals surface area contributed by atoms with Crippen LogP contribution in [0.2, 0.25) is 0 Å². The largest absolute Gasteiger partial charge is 0.478 e. The van der Waals surface area contributed by atoms with E-state index in [1.54, 1.807) is 12.1 Å². The number of amides is 2. The number of benzene rings is 1. The van der Waals surface area contributed by atoms with E-state index in [9.17, 15) is 14.4 Å². The third-order valence-corrected chi connectivity index (χ3v) is 3.54. The molecule has 1 aliphatic rings. The number of anilines is 1. The maximum atomic E-state index is 11.8. The molecule has 2 rings (SSSR count). The normalized spacial score (nSPS) is 14.5. The van der Waals surface area contributed by atoms with Crippen LogP contribution in [0.4, 0.5) is 5.69 Å². The zero-order valence-corrected chi connectivity index (χ0v) is 10.8. The molecule has 6 nitrogen and oxygen atoms in total. The molecule has 2 N–H and O–H groups in total. The smallest absolute Gasteiger partial charge is 0.337 e. The Kier molecular flexibility index (Phi) is 4.06. The van der Waals surface area contributed by atoms with Gasteiger partial charge >= 0.3 is 5.97 Å². The first-order chi connectivity index (χ1) is 9.08. The molecule has 1 aliphatic heterocycles. The van der Waals surface area contributed by atoms with Crippen LogP contribution < -0.4 is 5.32 Å². The molecule has 1 aromatic carbocycles. The lowest BCUT2D eigenvalue weighted by Crippen LogP contribution is -2.34. The number of rotatable bonds is 4. The molecular weight excluding hydrogens is 268 g/mol. The number of hydrogen-bond donors (Lipinski definition) is 2. The summed E-state index contributed by atoms with van der Waals surface area (Å²) in [6.45, 7) is -0.0558. The summed E-state index contributed by atoms with van der Waals surface area (Å²) >= 11 is 1.45. The van der Waals surface area contributed by atoms with Crippen molar-refractivity contribution in [3.8, 4) is 0 Å². The number of aromatic carboxylic acids is 1. The van der Waals surface area contributed by atoms with E-state index in [0.29, 0.717) is 11.6 Å². The van der Waals surface area contributed by atoms with Gasteiger partial charge in [-0.25, -0.2) is 4.79 Å². The SMILES string of the molecule is O=C(CN1CSCC1=O)Nc1ccccc1C(=O)O. The Morgan fingerprint density at radius 2 is 2.11 bits per heavy atom. The number of carboxylic acids is 1. The predicted octanol–water partition coefficient (Wildman–Crippen LogP) is 0.856. The van der Waals surface area contributed by atoms with Crippen molar-refractivity contribution in [1.29, 1.82) is 0 Å². The maximum absolute atomic E-state index is 11.8. The number of thioether (sulfide) groups is 1. The minimum atomic E-state index is -1.11. The van der Waals surface area contributed by atoms with Crippen LogP contribution in [0.1, 0.15) is 10.4 Å². The monoisotopic (exact) mass is 280 g/mol. The molecule has 0 aliphatic carbocycles. The Hall–Kier alpha value is -2.02. The highest BCUT2D eigenvalue weighted by Gasteiger charge is 2.23. The zero-order valence-electron chi connectivity index (χ0n) is 9.96. The van der Waals surface area contributed by atoms with Crippen molar-refractivity contribution in [2.45, 2.75) is 0 Å². The van der Waals surface area contributed by atoms with Gasteiger partial charge in [0.25, 0.3) is 0 Å². The van der Waals surface area contributed by atoms with Crippen molar-refractivity contribution < 1.29 is 19.5 Å². The molecule has 1 aromatic rings. The highest BCUT2D eigenvalue weighted by molar-refractivity contribution is 8.00. The number of carboxylic acid groups (broad SMARTS) is 1. The number of nitrogens with zero attached hydrogens (tertiary/aromatic N) is 1. The molecule has 0 atom stereocenters. The second-order valence-corrected chi connectivity index (χ2v) is 4.92. The second-order valence-electron chi connectivity index (χ2n) is 3.97. The fourth-order valence-corrected chi connectivity index (χ4v) is 2.59. The van der Waals surface area contributed by atoms with Gasteiger partial charge in [-0.2, -0.15) is 0 Å². The minimum absolute atomic E-state index is 0.0259. The van der Waals surface area contributed by atoms with E-state index in [1.807, 2.05) is 0 Å². The van der Waals surface area contributed by atoms with E-state index in [-0.39, 0.29) is 23.7 Å². The molecule has 0 aromatic heterocycles. The van der Waals surface area contributed by atoms with Gasteiger partial charge in [0.15, 0.2) is 0 Å². The quantitative estimate of drug-likeness (QED) is 0.854. The lowest BCUT2D eigenvalue weighted by atomic mass is 10.2. The van der Waals surface area contributed by atoms with Crippen molar-refractivity contribution in [3.63, 3.8) is 0 Å². The summed E-state index contributed by atoms with van der Waals surface area (Å²) in [7, 11) is 0. The number of carbonyl (C=O) groups excluding carboxylic acids is 2. The van der Waals surface area contributed by atoms with Crippen LogP contribution in [0.15, 0.2) is 24.3 Å². The number of hydrogen-bond acceptors (Lipinski definition) is 4. The highest BCUT2D eigenvalue weighted by Crippen LogP contribution is 2.17. The maximum Gasteiger partial charge on any atom is 0.337 e. The molecule has 0 spiro atoms. The molecule has 0 radical (unpaired) electrons. The van der Waals surface area contributed by atoms with Crippen molar-refractivity contribution in [2.75, 3.05) is 23.5 Å². The van der Waals surface area contributed by atoms with E-state index in [4.69, 9.17) is 5.11 Å². The van der Waals surface area contributed by atoms with Crippen molar-refractivity contribution in [3.05, 3.63) is 29.8 Å². The van der Waals surface area contributed by atoms with Crippen molar-refractivity contribution in [1.82, 2.24) is 4.90 Å². The van der Waals surface area contributed by atoms with Gasteiger partial charge in [-0.3, -0.25) is 9.59 Å². The van der Waals surface area contributed by atoms with Crippen LogP contribution in [-0.2, 0) is 9.59 Å². The van der Waals surface area contributed by atoms with Gasteiger partial charge in [-0.1, -0.05) is 12.1 Å². The van der Waals surface area contributed by atoms with Crippen LogP contribution >= 0.6 is 11.8 Å². The van der Waals surface area contributed by atoms with Crippen LogP contribution in [0.5, 0.6) is 0 Å². The van der Waals surface area contributed by atoms with Gasteiger partial charge in [-0.15, -0.1) is 11.8 Å². The molecule has 2 amide bonds. The van der Waals surface area contributed by atoms with E-state index >= 15 is 0 Å². The van der Waals surface area contributed by atoms with E-state index in [1.165, 1.54) is 28.8 Å². The summed E-state index contributed by atoms with van der Waals surface area (Å²) in [4.78, 5) is 35.6. The molecule has 100 valence electrons. The first kappa shape index (κ1) is 13.4. The Labute approximate surface area is 113 Å². The number of carbonyl (C=O) groups is 3. The first-order valence-corrected chi connectivity index (χ1v) is 6.71. The van der Waals surface area contributed by atoms with Crippen molar-refractivity contribution in [2.24, 2.45) is 0 Å². The van der Waals surface area contributed by atoms with Gasteiger partial charge in [-0.05, 0) is 12.1 Å². The number of para-hydroxylation sites is 1. The molecule has 0 unspecified atom stereocenters. The van der Waals surface area contributed by atoms with E-state index < -0.39 is 11.9 Å². The molecule has 1 fully saturated rings. The van der Waals surface area contributed by atoms with Crippen LogP contribution in [0.3, 0.4) is 0 Å².